The third kappa shape index (κ3) is 3.41. The first kappa shape index (κ1) is 19.8. The van der Waals surface area contributed by atoms with Crippen LogP contribution in [0.25, 0.3) is 21.8 Å². The van der Waals surface area contributed by atoms with Crippen molar-refractivity contribution in [2.45, 2.75) is 77.0 Å². The minimum absolute atomic E-state index is 0.768. The van der Waals surface area contributed by atoms with Crippen LogP contribution in [0.1, 0.15) is 57.4 Å². The van der Waals surface area contributed by atoms with Crippen molar-refractivity contribution in [2.75, 3.05) is 19.6 Å². The lowest BCUT2D eigenvalue weighted by Crippen LogP contribution is -2.59. The Hall–Kier alpha value is -1.84. The Morgan fingerprint density at radius 3 is 2.52 bits per heavy atom. The average molecular weight is 416 g/mol. The molecule has 3 aromatic rings. The summed E-state index contributed by atoms with van der Waals surface area (Å²) in [6, 6.07) is 17.8. The summed E-state index contributed by atoms with van der Waals surface area (Å²) in [6.07, 6.45) is 10.1. The highest BCUT2D eigenvalue weighted by molar-refractivity contribution is 6.08. The Kier molecular flexibility index (Phi) is 5.28. The van der Waals surface area contributed by atoms with Gasteiger partial charge in [0, 0.05) is 60.1 Å². The number of rotatable bonds is 4. The normalized spacial score (nSPS) is 26.1. The van der Waals surface area contributed by atoms with Crippen LogP contribution in [0.5, 0.6) is 0 Å². The van der Waals surface area contributed by atoms with Gasteiger partial charge in [0.15, 0.2) is 0 Å². The first-order valence-corrected chi connectivity index (χ1v) is 12.8. The van der Waals surface area contributed by atoms with E-state index in [2.05, 4.69) is 63.8 Å². The van der Waals surface area contributed by atoms with Gasteiger partial charge in [0.25, 0.3) is 0 Å². The molecule has 164 valence electrons. The van der Waals surface area contributed by atoms with Crippen LogP contribution in [-0.2, 0) is 13.1 Å². The molecule has 31 heavy (non-hydrogen) atoms. The summed E-state index contributed by atoms with van der Waals surface area (Å²) in [5.41, 5.74) is 4.26. The summed E-state index contributed by atoms with van der Waals surface area (Å²) < 4.78 is 2.47. The van der Waals surface area contributed by atoms with Gasteiger partial charge >= 0.3 is 0 Å². The molecule has 1 saturated carbocycles. The minimum Gasteiger partial charge on any atom is -0.341 e. The van der Waals surface area contributed by atoms with Gasteiger partial charge in [-0.2, -0.15) is 0 Å². The number of piperazine rings is 1. The highest BCUT2D eigenvalue weighted by atomic mass is 15.3. The van der Waals surface area contributed by atoms with Crippen molar-refractivity contribution >= 4 is 21.8 Å². The topological polar surface area (TPSA) is 11.4 Å². The molecule has 1 aliphatic carbocycles. The molecule has 3 nitrogen and oxygen atoms in total. The fourth-order valence-corrected chi connectivity index (χ4v) is 7.21. The lowest BCUT2D eigenvalue weighted by molar-refractivity contribution is -0.00377. The number of aromatic nitrogens is 1. The number of nitrogens with zero attached hydrogens (tertiary/aromatic N) is 3. The van der Waals surface area contributed by atoms with Crippen LogP contribution in [0.4, 0.5) is 0 Å². The molecule has 3 aliphatic rings. The zero-order chi connectivity index (χ0) is 20.8. The molecule has 3 fully saturated rings. The molecule has 0 radical (unpaired) electrons. The first-order valence-electron chi connectivity index (χ1n) is 12.8. The van der Waals surface area contributed by atoms with Crippen LogP contribution >= 0.6 is 0 Å². The van der Waals surface area contributed by atoms with E-state index in [9.17, 15) is 0 Å². The summed E-state index contributed by atoms with van der Waals surface area (Å²) in [4.78, 5) is 5.72. The molecule has 0 N–H and O–H groups in total. The number of benzene rings is 2. The van der Waals surface area contributed by atoms with Crippen molar-refractivity contribution < 1.29 is 0 Å². The van der Waals surface area contributed by atoms with E-state index < -0.39 is 0 Å². The van der Waals surface area contributed by atoms with Gasteiger partial charge in [-0.1, -0.05) is 43.5 Å². The molecular formula is C28H37N3. The quantitative estimate of drug-likeness (QED) is 0.514. The Bertz CT molecular complexity index is 1060. The van der Waals surface area contributed by atoms with Crippen molar-refractivity contribution in [3.8, 4) is 0 Å². The predicted molar refractivity (Wildman–Crippen MR) is 130 cm³/mol. The van der Waals surface area contributed by atoms with E-state index in [1.165, 1.54) is 91.9 Å². The number of hydrogen-bond acceptors (Lipinski definition) is 2. The molecular weight excluding hydrogens is 378 g/mol. The lowest BCUT2D eigenvalue weighted by atomic mass is 9.78. The van der Waals surface area contributed by atoms with Gasteiger partial charge in [-0.05, 0) is 68.8 Å². The maximum Gasteiger partial charge on any atom is 0.0491 e. The molecule has 2 aromatic carbocycles. The summed E-state index contributed by atoms with van der Waals surface area (Å²) in [6.45, 7) is 8.25. The van der Waals surface area contributed by atoms with Crippen LogP contribution in [-0.4, -0.2) is 46.1 Å². The molecule has 0 bridgehead atoms. The van der Waals surface area contributed by atoms with Gasteiger partial charge in [-0.3, -0.25) is 9.80 Å². The second-order valence-corrected chi connectivity index (χ2v) is 10.2. The fraction of sp³-hybridized carbons (Fsp3) is 0.571. The smallest absolute Gasteiger partial charge is 0.0491 e. The zero-order valence-electron chi connectivity index (χ0n) is 19.1. The summed E-state index contributed by atoms with van der Waals surface area (Å²) in [5.74, 6) is 0.908. The second kappa shape index (κ2) is 8.26. The Balaban J connectivity index is 1.34. The Labute approximate surface area is 187 Å². The van der Waals surface area contributed by atoms with Crippen molar-refractivity contribution in [3.63, 3.8) is 0 Å². The Morgan fingerprint density at radius 1 is 0.806 bits per heavy atom. The zero-order valence-corrected chi connectivity index (χ0v) is 19.1. The van der Waals surface area contributed by atoms with Crippen LogP contribution in [0.2, 0.25) is 0 Å². The maximum atomic E-state index is 2.89. The van der Waals surface area contributed by atoms with E-state index in [4.69, 9.17) is 0 Å². The number of hydrogen-bond donors (Lipinski definition) is 0. The molecule has 6 rings (SSSR count). The molecule has 2 unspecified atom stereocenters. The van der Waals surface area contributed by atoms with E-state index in [1.807, 2.05) is 0 Å². The van der Waals surface area contributed by atoms with E-state index in [1.54, 1.807) is 0 Å². The van der Waals surface area contributed by atoms with Gasteiger partial charge in [-0.25, -0.2) is 0 Å². The van der Waals surface area contributed by atoms with Gasteiger partial charge in [0.1, 0.15) is 0 Å². The highest BCUT2D eigenvalue weighted by Gasteiger charge is 2.42. The van der Waals surface area contributed by atoms with E-state index in [0.717, 1.165) is 31.1 Å². The molecule has 0 spiro atoms. The highest BCUT2D eigenvalue weighted by Crippen LogP contribution is 2.38. The van der Waals surface area contributed by atoms with Gasteiger partial charge in [0.05, 0.1) is 0 Å². The van der Waals surface area contributed by atoms with Crippen LogP contribution in [0, 0.1) is 5.92 Å². The van der Waals surface area contributed by atoms with Crippen LogP contribution < -0.4 is 0 Å². The summed E-state index contributed by atoms with van der Waals surface area (Å²) in [7, 11) is 0. The Morgan fingerprint density at radius 2 is 1.65 bits per heavy atom. The first-order chi connectivity index (χ1) is 15.3. The van der Waals surface area contributed by atoms with Gasteiger partial charge in [0.2, 0.25) is 0 Å². The largest absolute Gasteiger partial charge is 0.341 e. The van der Waals surface area contributed by atoms with E-state index in [-0.39, 0.29) is 0 Å². The fourth-order valence-electron chi connectivity index (χ4n) is 7.21. The number of para-hydroxylation sites is 1. The third-order valence-electron chi connectivity index (χ3n) is 8.58. The molecule has 2 saturated heterocycles. The molecule has 2 aliphatic heterocycles. The van der Waals surface area contributed by atoms with Gasteiger partial charge in [-0.15, -0.1) is 0 Å². The van der Waals surface area contributed by atoms with E-state index >= 15 is 0 Å². The summed E-state index contributed by atoms with van der Waals surface area (Å²) in [5, 5.41) is 2.84. The van der Waals surface area contributed by atoms with Crippen molar-refractivity contribution in [1.29, 1.82) is 0 Å². The minimum atomic E-state index is 0.768. The lowest BCUT2D eigenvalue weighted by Gasteiger charge is -2.49. The van der Waals surface area contributed by atoms with Crippen molar-refractivity contribution in [1.82, 2.24) is 14.4 Å². The van der Waals surface area contributed by atoms with Gasteiger partial charge < -0.3 is 4.57 Å². The molecule has 3 heteroatoms. The molecule has 1 aromatic heterocycles. The SMILES string of the molecule is CCn1c2ccccc2c2cc(CN3CCN4CCCC4C3C3CCCCC3)ccc21. The van der Waals surface area contributed by atoms with E-state index in [0.29, 0.717) is 0 Å². The molecule has 3 heterocycles. The van der Waals surface area contributed by atoms with Crippen molar-refractivity contribution in [3.05, 3.63) is 48.0 Å². The average Bonchev–Trinajstić information content (AvgIpc) is 3.42. The second-order valence-electron chi connectivity index (χ2n) is 10.2. The van der Waals surface area contributed by atoms with Crippen LogP contribution in [0.15, 0.2) is 42.5 Å². The monoisotopic (exact) mass is 415 g/mol. The number of aryl methyl sites for hydroxylation is 1. The van der Waals surface area contributed by atoms with Crippen molar-refractivity contribution in [2.24, 2.45) is 5.92 Å². The molecule has 2 atom stereocenters. The van der Waals surface area contributed by atoms with Crippen LogP contribution in [0.3, 0.4) is 0 Å². The standard InChI is InChI=1S/C28H37N3/c1-2-31-25-12-7-6-11-23(25)24-19-21(14-15-26(24)31)20-30-18-17-29-16-8-13-27(29)28(30)22-9-4-3-5-10-22/h6-7,11-12,14-15,19,22,27-28H,2-5,8-10,13,16-18,20H2,1H3. The predicted octanol–water partition coefficient (Wildman–Crippen LogP) is 6.04. The number of fused-ring (bicyclic) bond motifs is 4. The molecule has 0 amide bonds. The summed E-state index contributed by atoms with van der Waals surface area (Å²) >= 11 is 0. The third-order valence-corrected chi connectivity index (χ3v) is 8.58. The maximum absolute atomic E-state index is 2.89.